The largest absolute Gasteiger partial charge is 0.352 e. The van der Waals surface area contributed by atoms with Gasteiger partial charge in [-0.15, -0.1) is 0 Å². The van der Waals surface area contributed by atoms with Crippen LogP contribution in [0.2, 0.25) is 0 Å². The van der Waals surface area contributed by atoms with Crippen LogP contribution in [-0.4, -0.2) is 38.1 Å². The molecule has 3 aromatic rings. The summed E-state index contributed by atoms with van der Waals surface area (Å²) in [5.74, 6) is 0.903. The molecule has 158 valence electrons. The van der Waals surface area contributed by atoms with Crippen LogP contribution in [0.3, 0.4) is 0 Å². The molecule has 0 saturated heterocycles. The first-order chi connectivity index (χ1) is 14.3. The van der Waals surface area contributed by atoms with Gasteiger partial charge in [0.2, 0.25) is 5.89 Å². The maximum atomic E-state index is 12.8. The van der Waals surface area contributed by atoms with Crippen LogP contribution in [0.5, 0.6) is 0 Å². The van der Waals surface area contributed by atoms with Crippen molar-refractivity contribution < 1.29 is 17.7 Å². The van der Waals surface area contributed by atoms with Crippen molar-refractivity contribution in [3.8, 4) is 0 Å². The lowest BCUT2D eigenvalue weighted by Gasteiger charge is -2.20. The Hall–Kier alpha value is -3.20. The molecular formula is C21H24N4O4S. The summed E-state index contributed by atoms with van der Waals surface area (Å²) in [6, 6.07) is 13.1. The quantitative estimate of drug-likeness (QED) is 0.553. The van der Waals surface area contributed by atoms with Crippen molar-refractivity contribution in [1.82, 2.24) is 15.5 Å². The average Bonchev–Trinajstić information content (AvgIpc) is 3.16. The SMILES string of the molecule is Cc1ccc(S(=O)(=O)N(C)c2ccc(C(=O)NCCCc3nc(C)no3)cc2)cc1. The zero-order valence-electron chi connectivity index (χ0n) is 17.1. The number of carbonyl (C=O) groups is 1. The van der Waals surface area contributed by atoms with Gasteiger partial charge in [-0.2, -0.15) is 4.98 Å². The molecule has 0 unspecified atom stereocenters. The Kier molecular flexibility index (Phi) is 6.51. The van der Waals surface area contributed by atoms with Gasteiger partial charge in [-0.05, 0) is 56.7 Å². The molecule has 1 amide bonds. The minimum Gasteiger partial charge on any atom is -0.352 e. The molecule has 1 aromatic heterocycles. The second-order valence-electron chi connectivity index (χ2n) is 6.93. The molecule has 9 heteroatoms. The summed E-state index contributed by atoms with van der Waals surface area (Å²) in [5.41, 5.74) is 1.91. The summed E-state index contributed by atoms with van der Waals surface area (Å²) in [4.78, 5) is 16.6. The molecule has 0 fully saturated rings. The Morgan fingerprint density at radius 3 is 2.33 bits per heavy atom. The second kappa shape index (κ2) is 9.08. The van der Waals surface area contributed by atoms with Crippen LogP contribution < -0.4 is 9.62 Å². The van der Waals surface area contributed by atoms with Gasteiger partial charge in [0.15, 0.2) is 5.82 Å². The number of hydrogen-bond acceptors (Lipinski definition) is 6. The average molecular weight is 429 g/mol. The van der Waals surface area contributed by atoms with Gasteiger partial charge in [-0.1, -0.05) is 22.9 Å². The topological polar surface area (TPSA) is 105 Å². The lowest BCUT2D eigenvalue weighted by molar-refractivity contribution is 0.0953. The molecule has 2 aromatic carbocycles. The van der Waals surface area contributed by atoms with Gasteiger partial charge in [-0.3, -0.25) is 9.10 Å². The minimum atomic E-state index is -3.67. The van der Waals surface area contributed by atoms with E-state index in [1.165, 1.54) is 11.4 Å². The molecule has 8 nitrogen and oxygen atoms in total. The standard InChI is InChI=1S/C21H24N4O4S/c1-15-6-12-19(13-7-15)30(27,28)25(3)18-10-8-17(9-11-18)21(26)22-14-4-5-20-23-16(2)24-29-20/h6-13H,4-5,14H2,1-3H3,(H,22,26). The number of amides is 1. The summed E-state index contributed by atoms with van der Waals surface area (Å²) in [6.45, 7) is 4.11. The first-order valence-corrected chi connectivity index (χ1v) is 10.9. The molecule has 0 spiro atoms. The van der Waals surface area contributed by atoms with Crippen molar-refractivity contribution in [2.75, 3.05) is 17.9 Å². The summed E-state index contributed by atoms with van der Waals surface area (Å²) in [5, 5.41) is 6.55. The minimum absolute atomic E-state index is 0.217. The second-order valence-corrected chi connectivity index (χ2v) is 8.90. The van der Waals surface area contributed by atoms with E-state index in [2.05, 4.69) is 15.5 Å². The van der Waals surface area contributed by atoms with Crippen LogP contribution in [0, 0.1) is 13.8 Å². The molecule has 0 atom stereocenters. The highest BCUT2D eigenvalue weighted by atomic mass is 32.2. The van der Waals surface area contributed by atoms with E-state index in [1.54, 1.807) is 55.5 Å². The normalized spacial score (nSPS) is 11.3. The highest BCUT2D eigenvalue weighted by molar-refractivity contribution is 7.92. The van der Waals surface area contributed by atoms with Crippen molar-refractivity contribution in [1.29, 1.82) is 0 Å². The van der Waals surface area contributed by atoms with Crippen LogP contribution >= 0.6 is 0 Å². The maximum absolute atomic E-state index is 12.8. The summed E-state index contributed by atoms with van der Waals surface area (Å²) in [7, 11) is -2.18. The lowest BCUT2D eigenvalue weighted by Crippen LogP contribution is -2.27. The van der Waals surface area contributed by atoms with Gasteiger partial charge in [0.05, 0.1) is 10.6 Å². The van der Waals surface area contributed by atoms with Gasteiger partial charge in [0, 0.05) is 25.6 Å². The van der Waals surface area contributed by atoms with E-state index in [1.807, 2.05) is 6.92 Å². The zero-order valence-corrected chi connectivity index (χ0v) is 17.9. The Morgan fingerprint density at radius 2 is 1.73 bits per heavy atom. The Labute approximate surface area is 176 Å². The highest BCUT2D eigenvalue weighted by Crippen LogP contribution is 2.22. The number of benzene rings is 2. The molecule has 0 aliphatic carbocycles. The van der Waals surface area contributed by atoms with Crippen molar-refractivity contribution in [2.45, 2.75) is 31.6 Å². The van der Waals surface area contributed by atoms with E-state index in [0.717, 1.165) is 5.56 Å². The van der Waals surface area contributed by atoms with Gasteiger partial charge < -0.3 is 9.84 Å². The third-order valence-corrected chi connectivity index (χ3v) is 6.39. The fourth-order valence-corrected chi connectivity index (χ4v) is 4.01. The predicted molar refractivity (Wildman–Crippen MR) is 113 cm³/mol. The molecule has 1 heterocycles. The van der Waals surface area contributed by atoms with Gasteiger partial charge in [0.1, 0.15) is 0 Å². The Bertz CT molecular complexity index is 1110. The molecule has 0 aliphatic rings. The molecule has 0 radical (unpaired) electrons. The third kappa shape index (κ3) is 5.04. The van der Waals surface area contributed by atoms with Crippen LogP contribution in [0.25, 0.3) is 0 Å². The van der Waals surface area contributed by atoms with E-state index in [0.29, 0.717) is 42.4 Å². The molecule has 0 aliphatic heterocycles. The van der Waals surface area contributed by atoms with Crippen LogP contribution in [-0.2, 0) is 16.4 Å². The molecular weight excluding hydrogens is 404 g/mol. The van der Waals surface area contributed by atoms with Gasteiger partial charge in [-0.25, -0.2) is 8.42 Å². The molecule has 30 heavy (non-hydrogen) atoms. The number of hydrogen-bond donors (Lipinski definition) is 1. The first-order valence-electron chi connectivity index (χ1n) is 9.50. The number of anilines is 1. The number of sulfonamides is 1. The van der Waals surface area contributed by atoms with Crippen molar-refractivity contribution in [3.05, 3.63) is 71.4 Å². The summed E-state index contributed by atoms with van der Waals surface area (Å²) in [6.07, 6.45) is 1.25. The monoisotopic (exact) mass is 428 g/mol. The number of carbonyl (C=O) groups excluding carboxylic acids is 1. The van der Waals surface area contributed by atoms with Crippen LogP contribution in [0.15, 0.2) is 57.9 Å². The molecule has 3 rings (SSSR count). The van der Waals surface area contributed by atoms with E-state index < -0.39 is 10.0 Å². The first kappa shape index (κ1) is 21.5. The van der Waals surface area contributed by atoms with Gasteiger partial charge >= 0.3 is 0 Å². The molecule has 1 N–H and O–H groups in total. The predicted octanol–water partition coefficient (Wildman–Crippen LogP) is 2.87. The number of rotatable bonds is 8. The van der Waals surface area contributed by atoms with Crippen LogP contribution in [0.1, 0.15) is 34.1 Å². The molecule has 0 bridgehead atoms. The fraction of sp³-hybridized carbons (Fsp3) is 0.286. The fourth-order valence-electron chi connectivity index (χ4n) is 2.82. The third-order valence-electron chi connectivity index (χ3n) is 4.60. The van der Waals surface area contributed by atoms with Crippen molar-refractivity contribution in [2.24, 2.45) is 0 Å². The van der Waals surface area contributed by atoms with E-state index in [-0.39, 0.29) is 10.8 Å². The van der Waals surface area contributed by atoms with E-state index in [9.17, 15) is 13.2 Å². The molecule has 0 saturated carbocycles. The van der Waals surface area contributed by atoms with E-state index >= 15 is 0 Å². The number of aromatic nitrogens is 2. The lowest BCUT2D eigenvalue weighted by atomic mass is 10.2. The van der Waals surface area contributed by atoms with E-state index in [4.69, 9.17) is 4.52 Å². The van der Waals surface area contributed by atoms with Crippen molar-refractivity contribution in [3.63, 3.8) is 0 Å². The highest BCUT2D eigenvalue weighted by Gasteiger charge is 2.21. The zero-order chi connectivity index (χ0) is 21.7. The van der Waals surface area contributed by atoms with Crippen LogP contribution in [0.4, 0.5) is 5.69 Å². The Morgan fingerprint density at radius 1 is 1.07 bits per heavy atom. The number of nitrogens with zero attached hydrogens (tertiary/aromatic N) is 3. The smallest absolute Gasteiger partial charge is 0.264 e. The summed E-state index contributed by atoms with van der Waals surface area (Å²) < 4.78 is 31.8. The van der Waals surface area contributed by atoms with Crippen molar-refractivity contribution >= 4 is 21.6 Å². The number of nitrogens with one attached hydrogen (secondary N) is 1. The summed E-state index contributed by atoms with van der Waals surface area (Å²) >= 11 is 0. The maximum Gasteiger partial charge on any atom is 0.264 e. The number of aryl methyl sites for hydroxylation is 3. The van der Waals surface area contributed by atoms with Gasteiger partial charge in [0.25, 0.3) is 15.9 Å². The Balaban J connectivity index is 1.58.